The van der Waals surface area contributed by atoms with Crippen LogP contribution in [0.15, 0.2) is 30.5 Å². The van der Waals surface area contributed by atoms with Crippen molar-refractivity contribution in [1.29, 1.82) is 0 Å². The predicted octanol–water partition coefficient (Wildman–Crippen LogP) is 2.19. The Morgan fingerprint density at radius 2 is 2.05 bits per heavy atom. The van der Waals surface area contributed by atoms with Crippen LogP contribution in [0.4, 0.5) is 16.2 Å². The second-order valence-electron chi connectivity index (χ2n) is 3.99. The number of aromatic nitrogens is 2. The van der Waals surface area contributed by atoms with Crippen LogP contribution in [0.5, 0.6) is 0 Å². The molecule has 0 radical (unpaired) electrons. The monoisotopic (exact) mass is 281 g/mol. The van der Waals surface area contributed by atoms with Crippen molar-refractivity contribution in [1.82, 2.24) is 9.97 Å². The molecule has 2 aromatic rings. The molecule has 5 nitrogen and oxygen atoms in total. The molecule has 0 saturated heterocycles. The largest absolute Gasteiger partial charge is 0.353 e. The summed E-state index contributed by atoms with van der Waals surface area (Å²) in [4.78, 5) is 9.34. The number of nitrogens with zero attached hydrogens (tertiary/aromatic N) is 3. The Balaban J connectivity index is 2.19. The standard InChI is InChI=1S/C12H13ClFN5/c1-19(7-8-2-4-9(13)5-3-8)11-10(14)6-16-12(17-11)18-15/h2-6H,7,15H2,1H3,(H,16,17,18). The van der Waals surface area contributed by atoms with Gasteiger partial charge in [-0.2, -0.15) is 4.98 Å². The van der Waals surface area contributed by atoms with E-state index in [2.05, 4.69) is 15.4 Å². The topological polar surface area (TPSA) is 67.1 Å². The number of hydrazine groups is 1. The van der Waals surface area contributed by atoms with E-state index in [0.717, 1.165) is 11.8 Å². The first-order valence-corrected chi connectivity index (χ1v) is 5.92. The molecule has 0 bridgehead atoms. The van der Waals surface area contributed by atoms with Gasteiger partial charge in [0.25, 0.3) is 0 Å². The first kappa shape index (κ1) is 13.5. The lowest BCUT2D eigenvalue weighted by atomic mass is 10.2. The fraction of sp³-hybridized carbons (Fsp3) is 0.167. The highest BCUT2D eigenvalue weighted by Crippen LogP contribution is 2.18. The number of nitrogens with two attached hydrogens (primary N) is 1. The Morgan fingerprint density at radius 3 is 2.68 bits per heavy atom. The quantitative estimate of drug-likeness (QED) is 0.664. The molecule has 2 rings (SSSR count). The van der Waals surface area contributed by atoms with E-state index in [1.54, 1.807) is 24.1 Å². The molecule has 1 aromatic carbocycles. The highest BCUT2D eigenvalue weighted by Gasteiger charge is 2.11. The number of benzene rings is 1. The maximum Gasteiger partial charge on any atom is 0.239 e. The second kappa shape index (κ2) is 5.81. The molecule has 19 heavy (non-hydrogen) atoms. The Hall–Kier alpha value is -1.92. The Bertz CT molecular complexity index is 561. The summed E-state index contributed by atoms with van der Waals surface area (Å²) in [6.07, 6.45) is 1.08. The summed E-state index contributed by atoms with van der Waals surface area (Å²) < 4.78 is 13.7. The third-order valence-electron chi connectivity index (χ3n) is 2.55. The lowest BCUT2D eigenvalue weighted by Gasteiger charge is -2.19. The molecular weight excluding hydrogens is 269 g/mol. The van der Waals surface area contributed by atoms with Gasteiger partial charge in [-0.15, -0.1) is 0 Å². The Labute approximate surface area is 115 Å². The SMILES string of the molecule is CN(Cc1ccc(Cl)cc1)c1nc(NN)ncc1F. The second-order valence-corrected chi connectivity index (χ2v) is 4.43. The zero-order chi connectivity index (χ0) is 13.8. The summed E-state index contributed by atoms with van der Waals surface area (Å²) in [6, 6.07) is 7.32. The van der Waals surface area contributed by atoms with Crippen LogP contribution in [0.2, 0.25) is 5.02 Å². The summed E-state index contributed by atoms with van der Waals surface area (Å²) >= 11 is 5.81. The van der Waals surface area contributed by atoms with Crippen LogP contribution in [0, 0.1) is 5.82 Å². The van der Waals surface area contributed by atoms with Gasteiger partial charge in [0.05, 0.1) is 6.20 Å². The molecule has 100 valence electrons. The van der Waals surface area contributed by atoms with Gasteiger partial charge in [0.1, 0.15) is 0 Å². The summed E-state index contributed by atoms with van der Waals surface area (Å²) in [5.74, 6) is 5.05. The zero-order valence-electron chi connectivity index (χ0n) is 10.3. The average Bonchev–Trinajstić information content (AvgIpc) is 2.42. The van der Waals surface area contributed by atoms with Crippen molar-refractivity contribution in [2.45, 2.75) is 6.54 Å². The number of hydrogen-bond acceptors (Lipinski definition) is 5. The number of nitrogens with one attached hydrogen (secondary N) is 1. The van der Waals surface area contributed by atoms with Crippen LogP contribution >= 0.6 is 11.6 Å². The molecule has 0 saturated carbocycles. The minimum absolute atomic E-state index is 0.166. The van der Waals surface area contributed by atoms with Gasteiger partial charge in [0.2, 0.25) is 5.95 Å². The molecular formula is C12H13ClFN5. The first-order chi connectivity index (χ1) is 9.10. The zero-order valence-corrected chi connectivity index (χ0v) is 11.0. The Morgan fingerprint density at radius 1 is 1.37 bits per heavy atom. The van der Waals surface area contributed by atoms with Crippen molar-refractivity contribution in [2.75, 3.05) is 17.4 Å². The van der Waals surface area contributed by atoms with Crippen LogP contribution in [-0.2, 0) is 6.54 Å². The van der Waals surface area contributed by atoms with Crippen LogP contribution in [0.3, 0.4) is 0 Å². The maximum absolute atomic E-state index is 13.7. The van der Waals surface area contributed by atoms with Crippen molar-refractivity contribution < 1.29 is 4.39 Å². The molecule has 0 aliphatic heterocycles. The smallest absolute Gasteiger partial charge is 0.239 e. The van der Waals surface area contributed by atoms with Crippen molar-refractivity contribution in [3.63, 3.8) is 0 Å². The first-order valence-electron chi connectivity index (χ1n) is 5.55. The van der Waals surface area contributed by atoms with Crippen molar-refractivity contribution in [3.8, 4) is 0 Å². The van der Waals surface area contributed by atoms with Crippen LogP contribution < -0.4 is 16.2 Å². The summed E-state index contributed by atoms with van der Waals surface area (Å²) in [5.41, 5.74) is 3.28. The molecule has 0 fully saturated rings. The van der Waals surface area contributed by atoms with Crippen molar-refractivity contribution in [3.05, 3.63) is 46.9 Å². The van der Waals surface area contributed by atoms with E-state index in [-0.39, 0.29) is 11.8 Å². The van der Waals surface area contributed by atoms with E-state index >= 15 is 0 Å². The predicted molar refractivity (Wildman–Crippen MR) is 73.4 cm³/mol. The minimum atomic E-state index is -0.504. The van der Waals surface area contributed by atoms with Crippen molar-refractivity contribution >= 4 is 23.4 Å². The van der Waals surface area contributed by atoms with Gasteiger partial charge < -0.3 is 4.90 Å². The summed E-state index contributed by atoms with van der Waals surface area (Å²) in [6.45, 7) is 0.495. The molecule has 1 heterocycles. The molecule has 1 aromatic heterocycles. The van der Waals surface area contributed by atoms with E-state index in [4.69, 9.17) is 17.4 Å². The van der Waals surface area contributed by atoms with E-state index < -0.39 is 5.82 Å². The van der Waals surface area contributed by atoms with E-state index in [1.807, 2.05) is 12.1 Å². The molecule has 0 unspecified atom stereocenters. The van der Waals surface area contributed by atoms with Gasteiger partial charge in [-0.25, -0.2) is 15.2 Å². The van der Waals surface area contributed by atoms with Gasteiger partial charge in [0, 0.05) is 18.6 Å². The van der Waals surface area contributed by atoms with Crippen LogP contribution in [0.1, 0.15) is 5.56 Å². The maximum atomic E-state index is 13.7. The summed E-state index contributed by atoms with van der Waals surface area (Å²) in [7, 11) is 1.74. The van der Waals surface area contributed by atoms with Crippen LogP contribution in [-0.4, -0.2) is 17.0 Å². The average molecular weight is 282 g/mol. The molecule has 0 spiro atoms. The van der Waals surface area contributed by atoms with Gasteiger partial charge in [-0.05, 0) is 17.7 Å². The molecule has 0 atom stereocenters. The Kier molecular flexibility index (Phi) is 4.13. The fourth-order valence-electron chi connectivity index (χ4n) is 1.63. The number of anilines is 2. The molecule has 0 aliphatic carbocycles. The van der Waals surface area contributed by atoms with E-state index in [1.165, 1.54) is 0 Å². The lowest BCUT2D eigenvalue weighted by Crippen LogP contribution is -2.21. The van der Waals surface area contributed by atoms with E-state index in [0.29, 0.717) is 11.6 Å². The van der Waals surface area contributed by atoms with Crippen molar-refractivity contribution in [2.24, 2.45) is 5.84 Å². The normalized spacial score (nSPS) is 10.3. The van der Waals surface area contributed by atoms with Gasteiger partial charge in [-0.3, -0.25) is 5.43 Å². The number of rotatable bonds is 4. The van der Waals surface area contributed by atoms with Crippen LogP contribution in [0.25, 0.3) is 0 Å². The molecule has 7 heteroatoms. The van der Waals surface area contributed by atoms with Gasteiger partial charge >= 0.3 is 0 Å². The minimum Gasteiger partial charge on any atom is -0.353 e. The van der Waals surface area contributed by atoms with Gasteiger partial charge in [0.15, 0.2) is 11.6 Å². The third kappa shape index (κ3) is 3.30. The number of hydrogen-bond donors (Lipinski definition) is 2. The third-order valence-corrected chi connectivity index (χ3v) is 2.80. The highest BCUT2D eigenvalue weighted by molar-refractivity contribution is 6.30. The molecule has 0 aliphatic rings. The number of halogens is 2. The molecule has 0 amide bonds. The summed E-state index contributed by atoms with van der Waals surface area (Å²) in [5, 5.41) is 0.661. The highest BCUT2D eigenvalue weighted by atomic mass is 35.5. The number of nitrogen functional groups attached to an aromatic ring is 1. The van der Waals surface area contributed by atoms with Gasteiger partial charge in [-0.1, -0.05) is 23.7 Å². The van der Waals surface area contributed by atoms with E-state index in [9.17, 15) is 4.39 Å². The lowest BCUT2D eigenvalue weighted by molar-refractivity contribution is 0.607. The molecule has 3 N–H and O–H groups in total. The fourth-order valence-corrected chi connectivity index (χ4v) is 1.76.